The summed E-state index contributed by atoms with van der Waals surface area (Å²) in [6.45, 7) is 1.78. The monoisotopic (exact) mass is 394 g/mol. The molecule has 0 saturated heterocycles. The van der Waals surface area contributed by atoms with E-state index in [2.05, 4.69) is 5.32 Å². The second kappa shape index (κ2) is 9.23. The maximum absolute atomic E-state index is 12.9. The molecule has 0 aliphatic heterocycles. The van der Waals surface area contributed by atoms with Crippen LogP contribution in [-0.2, 0) is 16.0 Å². The summed E-state index contributed by atoms with van der Waals surface area (Å²) in [6.07, 6.45) is -0.500. The van der Waals surface area contributed by atoms with Gasteiger partial charge in [0.1, 0.15) is 17.1 Å². The number of nitrogens with one attached hydrogen (secondary N) is 1. The Morgan fingerprint density at radius 2 is 1.93 bits per heavy atom. The van der Waals surface area contributed by atoms with Crippen LogP contribution in [0.3, 0.4) is 0 Å². The fourth-order valence-electron chi connectivity index (χ4n) is 2.30. The van der Waals surface area contributed by atoms with Crippen molar-refractivity contribution in [3.8, 4) is 5.75 Å². The SMILES string of the molecule is COc1cc(N)c(Cl)cc1C(=O)O[C@H](C)C(=O)NCCc1ccc(F)cc1. The van der Waals surface area contributed by atoms with E-state index in [1.54, 1.807) is 12.1 Å². The zero-order valence-corrected chi connectivity index (χ0v) is 15.7. The summed E-state index contributed by atoms with van der Waals surface area (Å²) in [5.74, 6) is -1.33. The van der Waals surface area contributed by atoms with Gasteiger partial charge in [0.2, 0.25) is 0 Å². The standard InChI is InChI=1S/C19H20ClFN2O4/c1-11(18(24)23-8-7-12-3-5-13(21)6-4-12)27-19(25)14-9-15(20)16(22)10-17(14)26-2/h3-6,9-11H,7-8,22H2,1-2H3,(H,23,24)/t11-/m1/s1. The van der Waals surface area contributed by atoms with E-state index >= 15 is 0 Å². The number of benzene rings is 2. The van der Waals surface area contributed by atoms with Crippen molar-refractivity contribution in [3.63, 3.8) is 0 Å². The highest BCUT2D eigenvalue weighted by Crippen LogP contribution is 2.29. The van der Waals surface area contributed by atoms with Gasteiger partial charge >= 0.3 is 5.97 Å². The van der Waals surface area contributed by atoms with Crippen LogP contribution >= 0.6 is 11.6 Å². The fraction of sp³-hybridized carbons (Fsp3) is 0.263. The van der Waals surface area contributed by atoms with E-state index in [4.69, 9.17) is 26.8 Å². The first-order valence-electron chi connectivity index (χ1n) is 8.18. The van der Waals surface area contributed by atoms with Gasteiger partial charge in [0.05, 0.1) is 17.8 Å². The minimum atomic E-state index is -1.02. The van der Waals surface area contributed by atoms with Gasteiger partial charge < -0.3 is 20.5 Å². The van der Waals surface area contributed by atoms with Crippen LogP contribution in [0.5, 0.6) is 5.75 Å². The van der Waals surface area contributed by atoms with Crippen LogP contribution in [-0.4, -0.2) is 31.6 Å². The Bertz CT molecular complexity index is 827. The molecule has 0 aromatic heterocycles. The third-order valence-corrected chi connectivity index (χ3v) is 4.15. The van der Waals surface area contributed by atoms with Gasteiger partial charge in [0.15, 0.2) is 6.10 Å². The zero-order chi connectivity index (χ0) is 20.0. The number of hydrogen-bond donors (Lipinski definition) is 2. The van der Waals surface area contributed by atoms with Gasteiger partial charge in [-0.25, -0.2) is 9.18 Å². The quantitative estimate of drug-likeness (QED) is 0.556. The van der Waals surface area contributed by atoms with Crippen molar-refractivity contribution in [1.82, 2.24) is 5.32 Å². The molecule has 2 aromatic carbocycles. The predicted molar refractivity (Wildman–Crippen MR) is 100 cm³/mol. The number of hydrogen-bond acceptors (Lipinski definition) is 5. The van der Waals surface area contributed by atoms with Crippen molar-refractivity contribution < 1.29 is 23.5 Å². The Hall–Kier alpha value is -2.80. The van der Waals surface area contributed by atoms with E-state index in [9.17, 15) is 14.0 Å². The fourth-order valence-corrected chi connectivity index (χ4v) is 2.46. The normalized spacial score (nSPS) is 11.6. The van der Waals surface area contributed by atoms with Gasteiger partial charge in [-0.3, -0.25) is 4.79 Å². The smallest absolute Gasteiger partial charge is 0.342 e. The number of anilines is 1. The zero-order valence-electron chi connectivity index (χ0n) is 14.9. The van der Waals surface area contributed by atoms with Crippen molar-refractivity contribution in [2.45, 2.75) is 19.4 Å². The van der Waals surface area contributed by atoms with E-state index in [1.165, 1.54) is 38.3 Å². The number of carbonyl (C=O) groups is 2. The van der Waals surface area contributed by atoms with Gasteiger partial charge in [-0.15, -0.1) is 0 Å². The molecular formula is C19H20ClFN2O4. The predicted octanol–water partition coefficient (Wildman–Crippen LogP) is 2.97. The maximum atomic E-state index is 12.9. The Kier molecular flexibility index (Phi) is 7.01. The Morgan fingerprint density at radius 1 is 1.26 bits per heavy atom. The van der Waals surface area contributed by atoms with E-state index in [0.29, 0.717) is 13.0 Å². The molecular weight excluding hydrogens is 375 g/mol. The van der Waals surface area contributed by atoms with Crippen molar-refractivity contribution >= 4 is 29.2 Å². The lowest BCUT2D eigenvalue weighted by Crippen LogP contribution is -2.37. The maximum Gasteiger partial charge on any atom is 0.342 e. The van der Waals surface area contributed by atoms with Crippen molar-refractivity contribution in [3.05, 3.63) is 58.4 Å². The lowest BCUT2D eigenvalue weighted by Gasteiger charge is -2.15. The lowest BCUT2D eigenvalue weighted by molar-refractivity contribution is -0.129. The Labute approximate surface area is 161 Å². The van der Waals surface area contributed by atoms with E-state index in [-0.39, 0.29) is 27.8 Å². The first-order chi connectivity index (χ1) is 12.8. The molecule has 0 radical (unpaired) electrons. The van der Waals surface area contributed by atoms with Crippen LogP contribution in [0, 0.1) is 5.82 Å². The van der Waals surface area contributed by atoms with Gasteiger partial charge in [0.25, 0.3) is 5.91 Å². The number of rotatable bonds is 7. The number of ether oxygens (including phenoxy) is 2. The van der Waals surface area contributed by atoms with Gasteiger partial charge in [-0.05, 0) is 37.1 Å². The molecule has 0 aliphatic carbocycles. The number of methoxy groups -OCH3 is 1. The molecule has 6 nitrogen and oxygen atoms in total. The second-order valence-electron chi connectivity index (χ2n) is 5.79. The van der Waals surface area contributed by atoms with Gasteiger partial charge in [0, 0.05) is 12.6 Å². The molecule has 144 valence electrons. The Balaban J connectivity index is 1.91. The average Bonchev–Trinajstić information content (AvgIpc) is 2.64. The number of esters is 1. The summed E-state index contributed by atoms with van der Waals surface area (Å²) in [6, 6.07) is 8.73. The summed E-state index contributed by atoms with van der Waals surface area (Å²) in [4.78, 5) is 24.4. The highest BCUT2D eigenvalue weighted by atomic mass is 35.5. The van der Waals surface area contributed by atoms with Gasteiger partial charge in [-0.2, -0.15) is 0 Å². The minimum Gasteiger partial charge on any atom is -0.496 e. The molecule has 0 unspecified atom stereocenters. The highest BCUT2D eigenvalue weighted by Gasteiger charge is 2.22. The van der Waals surface area contributed by atoms with Crippen molar-refractivity contribution in [1.29, 1.82) is 0 Å². The van der Waals surface area contributed by atoms with Crippen molar-refractivity contribution in [2.75, 3.05) is 19.4 Å². The molecule has 0 fully saturated rings. The number of nitrogen functional groups attached to an aromatic ring is 1. The molecule has 8 heteroatoms. The molecule has 0 saturated carbocycles. The molecule has 27 heavy (non-hydrogen) atoms. The first-order valence-corrected chi connectivity index (χ1v) is 8.55. The van der Waals surface area contributed by atoms with Crippen molar-refractivity contribution in [2.24, 2.45) is 0 Å². The highest BCUT2D eigenvalue weighted by molar-refractivity contribution is 6.33. The van der Waals surface area contributed by atoms with E-state index in [0.717, 1.165) is 5.56 Å². The summed E-state index contributed by atoms with van der Waals surface area (Å²) in [5.41, 5.74) is 6.89. The first kappa shape index (κ1) is 20.5. The summed E-state index contributed by atoms with van der Waals surface area (Å²) in [5, 5.41) is 2.84. The molecule has 2 aromatic rings. The molecule has 0 heterocycles. The molecule has 3 N–H and O–H groups in total. The summed E-state index contributed by atoms with van der Waals surface area (Å²) >= 11 is 5.93. The van der Waals surface area contributed by atoms with Crippen LogP contribution in [0.4, 0.5) is 10.1 Å². The third kappa shape index (κ3) is 5.59. The molecule has 2 rings (SSSR count). The lowest BCUT2D eigenvalue weighted by atomic mass is 10.1. The molecule has 0 spiro atoms. The molecule has 0 bridgehead atoms. The summed E-state index contributed by atoms with van der Waals surface area (Å²) in [7, 11) is 1.38. The second-order valence-corrected chi connectivity index (χ2v) is 6.20. The largest absolute Gasteiger partial charge is 0.496 e. The number of nitrogens with two attached hydrogens (primary N) is 1. The van der Waals surface area contributed by atoms with Crippen LogP contribution in [0.25, 0.3) is 0 Å². The third-order valence-electron chi connectivity index (χ3n) is 3.82. The number of amides is 1. The van der Waals surface area contributed by atoms with Crippen LogP contribution in [0.2, 0.25) is 5.02 Å². The summed E-state index contributed by atoms with van der Waals surface area (Å²) < 4.78 is 23.1. The molecule has 1 amide bonds. The number of carbonyl (C=O) groups excluding carboxylic acids is 2. The van der Waals surface area contributed by atoms with Gasteiger partial charge in [-0.1, -0.05) is 23.7 Å². The van der Waals surface area contributed by atoms with Crippen LogP contribution in [0.1, 0.15) is 22.8 Å². The van der Waals surface area contributed by atoms with Crippen LogP contribution < -0.4 is 15.8 Å². The number of halogens is 2. The minimum absolute atomic E-state index is 0.0719. The average molecular weight is 395 g/mol. The molecule has 0 aliphatic rings. The van der Waals surface area contributed by atoms with Crippen LogP contribution in [0.15, 0.2) is 36.4 Å². The molecule has 1 atom stereocenters. The van der Waals surface area contributed by atoms with E-state index in [1.807, 2.05) is 0 Å². The topological polar surface area (TPSA) is 90.7 Å². The Morgan fingerprint density at radius 3 is 2.56 bits per heavy atom. The van der Waals surface area contributed by atoms with E-state index < -0.39 is 18.0 Å².